The van der Waals surface area contributed by atoms with Gasteiger partial charge in [-0.15, -0.1) is 0 Å². The molecule has 5 heteroatoms. The first kappa shape index (κ1) is 13.5. The lowest BCUT2D eigenvalue weighted by molar-refractivity contribution is -0.125. The van der Waals surface area contributed by atoms with E-state index in [2.05, 4.69) is 20.5 Å². The second-order valence-corrected chi connectivity index (χ2v) is 5.55. The fraction of sp³-hybridized carbons (Fsp3) is 0.600. The number of pyridine rings is 1. The highest BCUT2D eigenvalue weighted by molar-refractivity contribution is 5.90. The van der Waals surface area contributed by atoms with E-state index < -0.39 is 0 Å². The van der Waals surface area contributed by atoms with Crippen molar-refractivity contribution in [2.75, 3.05) is 37.6 Å². The van der Waals surface area contributed by atoms with Crippen LogP contribution < -0.4 is 15.5 Å². The number of hydrogen-bond donors (Lipinski definition) is 2. The van der Waals surface area contributed by atoms with E-state index in [0.29, 0.717) is 5.78 Å². The van der Waals surface area contributed by atoms with Crippen LogP contribution in [0.1, 0.15) is 12.8 Å². The van der Waals surface area contributed by atoms with Crippen LogP contribution >= 0.6 is 0 Å². The Kier molecular flexibility index (Phi) is 4.28. The highest BCUT2D eigenvalue weighted by Crippen LogP contribution is 2.22. The second-order valence-electron chi connectivity index (χ2n) is 5.55. The Labute approximate surface area is 119 Å². The molecular formula is C15H22N4O. The van der Waals surface area contributed by atoms with Gasteiger partial charge in [-0.1, -0.05) is 0 Å². The Bertz CT molecular complexity index is 444. The third-order valence-electron chi connectivity index (χ3n) is 4.31. The molecular weight excluding hydrogens is 252 g/mol. The lowest BCUT2D eigenvalue weighted by atomic mass is 9.88. The molecule has 2 saturated heterocycles. The number of Topliss-reactive ketones (excluding diaryl/α,β-unsaturated/α-hetero) is 1. The molecule has 2 N–H and O–H groups in total. The zero-order valence-electron chi connectivity index (χ0n) is 11.7. The van der Waals surface area contributed by atoms with Crippen molar-refractivity contribution < 1.29 is 4.79 Å². The normalized spacial score (nSPS) is 24.6. The predicted molar refractivity (Wildman–Crippen MR) is 78.8 cm³/mol. The summed E-state index contributed by atoms with van der Waals surface area (Å²) in [6.45, 7) is 4.49. The number of carbonyl (C=O) groups excluding carboxylic acids is 1. The van der Waals surface area contributed by atoms with Gasteiger partial charge < -0.3 is 15.5 Å². The van der Waals surface area contributed by atoms with Gasteiger partial charge >= 0.3 is 0 Å². The Morgan fingerprint density at radius 2 is 1.90 bits per heavy atom. The molecule has 1 aromatic heterocycles. The number of nitrogens with zero attached hydrogens (tertiary/aromatic N) is 2. The van der Waals surface area contributed by atoms with Crippen molar-refractivity contribution >= 4 is 11.5 Å². The largest absolute Gasteiger partial charge is 0.359 e. The average Bonchev–Trinajstić information content (AvgIpc) is 2.56. The summed E-state index contributed by atoms with van der Waals surface area (Å²) in [5, 5.41) is 6.69. The van der Waals surface area contributed by atoms with Crippen molar-refractivity contribution in [3.8, 4) is 0 Å². The summed E-state index contributed by atoms with van der Waals surface area (Å²) in [5.74, 6) is 0.612. The molecule has 3 rings (SSSR count). The van der Waals surface area contributed by atoms with E-state index in [1.54, 1.807) is 12.4 Å². The summed E-state index contributed by atoms with van der Waals surface area (Å²) in [5.41, 5.74) is 1.11. The van der Waals surface area contributed by atoms with Crippen LogP contribution in [-0.2, 0) is 4.79 Å². The SMILES string of the molecule is O=C(C1CCNCC1)C1CNCCN1c1ccncc1. The van der Waals surface area contributed by atoms with Gasteiger partial charge in [-0.3, -0.25) is 9.78 Å². The van der Waals surface area contributed by atoms with Gasteiger partial charge in [-0.2, -0.15) is 0 Å². The van der Waals surface area contributed by atoms with Crippen LogP contribution in [0.15, 0.2) is 24.5 Å². The maximum absolute atomic E-state index is 12.8. The third-order valence-corrected chi connectivity index (χ3v) is 4.31. The van der Waals surface area contributed by atoms with E-state index in [4.69, 9.17) is 0 Å². The van der Waals surface area contributed by atoms with Gasteiger partial charge in [-0.25, -0.2) is 0 Å². The minimum absolute atomic E-state index is 0.0331. The van der Waals surface area contributed by atoms with Gasteiger partial charge in [0.15, 0.2) is 5.78 Å². The van der Waals surface area contributed by atoms with E-state index >= 15 is 0 Å². The highest BCUT2D eigenvalue weighted by Gasteiger charge is 2.33. The summed E-state index contributed by atoms with van der Waals surface area (Å²) in [6, 6.07) is 3.96. The second kappa shape index (κ2) is 6.33. The van der Waals surface area contributed by atoms with Crippen LogP contribution in [0.5, 0.6) is 0 Å². The maximum Gasteiger partial charge on any atom is 0.159 e. The molecule has 0 bridgehead atoms. The molecule has 1 unspecified atom stereocenters. The molecule has 0 aliphatic carbocycles. The first-order valence-electron chi connectivity index (χ1n) is 7.48. The molecule has 2 aliphatic rings. The number of piperazine rings is 1. The van der Waals surface area contributed by atoms with Crippen molar-refractivity contribution in [3.05, 3.63) is 24.5 Å². The molecule has 1 aromatic rings. The summed E-state index contributed by atoms with van der Waals surface area (Å²) >= 11 is 0. The van der Waals surface area contributed by atoms with Crippen molar-refractivity contribution in [2.24, 2.45) is 5.92 Å². The Balaban J connectivity index is 1.76. The predicted octanol–water partition coefficient (Wildman–Crippen LogP) is 0.429. The van der Waals surface area contributed by atoms with Crippen molar-refractivity contribution in [2.45, 2.75) is 18.9 Å². The topological polar surface area (TPSA) is 57.3 Å². The summed E-state index contributed by atoms with van der Waals surface area (Å²) in [4.78, 5) is 19.1. The number of carbonyl (C=O) groups is 1. The maximum atomic E-state index is 12.8. The van der Waals surface area contributed by atoms with Crippen LogP contribution in [-0.4, -0.2) is 49.5 Å². The van der Waals surface area contributed by atoms with E-state index in [0.717, 1.165) is 51.3 Å². The Hall–Kier alpha value is -1.46. The smallest absolute Gasteiger partial charge is 0.159 e. The number of hydrogen-bond acceptors (Lipinski definition) is 5. The van der Waals surface area contributed by atoms with E-state index in [1.807, 2.05) is 12.1 Å². The highest BCUT2D eigenvalue weighted by atomic mass is 16.1. The lowest BCUT2D eigenvalue weighted by Crippen LogP contribution is -2.57. The lowest BCUT2D eigenvalue weighted by Gasteiger charge is -2.39. The number of ketones is 1. The number of piperidine rings is 1. The molecule has 0 aromatic carbocycles. The van der Waals surface area contributed by atoms with Crippen molar-refractivity contribution in [1.82, 2.24) is 15.6 Å². The zero-order chi connectivity index (χ0) is 13.8. The molecule has 1 atom stereocenters. The number of rotatable bonds is 3. The average molecular weight is 274 g/mol. The van der Waals surface area contributed by atoms with Gasteiger partial charge in [0.2, 0.25) is 0 Å². The van der Waals surface area contributed by atoms with E-state index in [1.165, 1.54) is 0 Å². The fourth-order valence-electron chi connectivity index (χ4n) is 3.18. The molecule has 108 valence electrons. The zero-order valence-corrected chi connectivity index (χ0v) is 11.7. The van der Waals surface area contributed by atoms with Gasteiger partial charge in [-0.05, 0) is 38.1 Å². The van der Waals surface area contributed by atoms with Crippen LogP contribution in [0.4, 0.5) is 5.69 Å². The molecule has 3 heterocycles. The molecule has 5 nitrogen and oxygen atoms in total. The summed E-state index contributed by atoms with van der Waals surface area (Å²) in [7, 11) is 0. The molecule has 0 radical (unpaired) electrons. The minimum Gasteiger partial charge on any atom is -0.359 e. The molecule has 2 fully saturated rings. The molecule has 20 heavy (non-hydrogen) atoms. The monoisotopic (exact) mass is 274 g/mol. The quantitative estimate of drug-likeness (QED) is 0.837. The van der Waals surface area contributed by atoms with Gasteiger partial charge in [0.25, 0.3) is 0 Å². The van der Waals surface area contributed by atoms with Crippen LogP contribution in [0.25, 0.3) is 0 Å². The molecule has 0 saturated carbocycles. The van der Waals surface area contributed by atoms with E-state index in [9.17, 15) is 4.79 Å². The van der Waals surface area contributed by atoms with Crippen LogP contribution in [0.2, 0.25) is 0 Å². The van der Waals surface area contributed by atoms with Crippen LogP contribution in [0, 0.1) is 5.92 Å². The van der Waals surface area contributed by atoms with Crippen molar-refractivity contribution in [1.29, 1.82) is 0 Å². The van der Waals surface area contributed by atoms with Crippen LogP contribution in [0.3, 0.4) is 0 Å². The summed E-state index contributed by atoms with van der Waals surface area (Å²) < 4.78 is 0. The standard InChI is InChI=1S/C15H22N4O/c20-15(12-1-5-16-6-2-12)14-11-18-9-10-19(14)13-3-7-17-8-4-13/h3-4,7-8,12,14,16,18H,1-2,5-6,9-11H2. The third kappa shape index (κ3) is 2.83. The van der Waals surface area contributed by atoms with Crippen molar-refractivity contribution in [3.63, 3.8) is 0 Å². The minimum atomic E-state index is -0.0331. The molecule has 2 aliphatic heterocycles. The number of aromatic nitrogens is 1. The fourth-order valence-corrected chi connectivity index (χ4v) is 3.18. The molecule has 0 amide bonds. The summed E-state index contributed by atoms with van der Waals surface area (Å²) in [6.07, 6.45) is 5.53. The Morgan fingerprint density at radius 3 is 2.65 bits per heavy atom. The Morgan fingerprint density at radius 1 is 1.15 bits per heavy atom. The van der Waals surface area contributed by atoms with E-state index in [-0.39, 0.29) is 12.0 Å². The number of anilines is 1. The van der Waals surface area contributed by atoms with Gasteiger partial charge in [0.1, 0.15) is 6.04 Å². The van der Waals surface area contributed by atoms with Gasteiger partial charge in [0.05, 0.1) is 0 Å². The molecule has 0 spiro atoms. The van der Waals surface area contributed by atoms with Gasteiger partial charge in [0, 0.05) is 43.6 Å². The number of nitrogens with one attached hydrogen (secondary N) is 2. The first-order chi connectivity index (χ1) is 9.86. The first-order valence-corrected chi connectivity index (χ1v) is 7.48.